The smallest absolute Gasteiger partial charge is 0.224 e. The number of hydrogen-bond donors (Lipinski definition) is 2. The summed E-state index contributed by atoms with van der Waals surface area (Å²) in [5.74, 6) is 0.560. The second-order valence-corrected chi connectivity index (χ2v) is 3.69. The number of benzene rings is 1. The molecule has 1 aromatic rings. The number of aromatic hydroxyl groups is 1. The molecule has 3 heteroatoms. The number of anilines is 1. The van der Waals surface area contributed by atoms with Crippen molar-refractivity contribution in [1.82, 2.24) is 0 Å². The lowest BCUT2D eigenvalue weighted by molar-refractivity contribution is -0.116. The first kappa shape index (κ1) is 10.6. The van der Waals surface area contributed by atoms with E-state index in [1.165, 1.54) is 0 Å². The Morgan fingerprint density at radius 1 is 1.36 bits per heavy atom. The molecular weight excluding hydrogens is 178 g/mol. The van der Waals surface area contributed by atoms with Gasteiger partial charge in [-0.1, -0.05) is 13.8 Å². The molecule has 1 amide bonds. The first-order valence-electron chi connectivity index (χ1n) is 4.67. The molecule has 0 spiro atoms. The number of nitrogens with one attached hydrogen (secondary N) is 1. The zero-order valence-corrected chi connectivity index (χ0v) is 8.45. The summed E-state index contributed by atoms with van der Waals surface area (Å²) >= 11 is 0. The van der Waals surface area contributed by atoms with E-state index in [1.807, 2.05) is 13.8 Å². The van der Waals surface area contributed by atoms with Gasteiger partial charge in [0, 0.05) is 12.1 Å². The third kappa shape index (κ3) is 3.47. The average Bonchev–Trinajstić information content (AvgIpc) is 2.07. The lowest BCUT2D eigenvalue weighted by Crippen LogP contribution is -2.13. The van der Waals surface area contributed by atoms with Gasteiger partial charge in [-0.05, 0) is 30.2 Å². The maximum absolute atomic E-state index is 11.3. The van der Waals surface area contributed by atoms with Gasteiger partial charge in [0.1, 0.15) is 5.75 Å². The molecule has 2 N–H and O–H groups in total. The van der Waals surface area contributed by atoms with Crippen LogP contribution in [0.3, 0.4) is 0 Å². The highest BCUT2D eigenvalue weighted by Gasteiger charge is 2.04. The molecule has 0 saturated carbocycles. The van der Waals surface area contributed by atoms with E-state index < -0.39 is 0 Å². The van der Waals surface area contributed by atoms with E-state index in [-0.39, 0.29) is 11.7 Å². The fourth-order valence-electron chi connectivity index (χ4n) is 1.13. The van der Waals surface area contributed by atoms with Gasteiger partial charge in [0.15, 0.2) is 0 Å². The Morgan fingerprint density at radius 2 is 1.93 bits per heavy atom. The van der Waals surface area contributed by atoms with Crippen LogP contribution in [0.1, 0.15) is 20.3 Å². The standard InChI is InChI=1S/C11H15NO2/c1-8(2)7-11(14)12-9-3-5-10(13)6-4-9/h3-6,8,13H,7H2,1-2H3,(H,12,14). The summed E-state index contributed by atoms with van der Waals surface area (Å²) in [5, 5.41) is 11.8. The van der Waals surface area contributed by atoms with Crippen molar-refractivity contribution >= 4 is 11.6 Å². The van der Waals surface area contributed by atoms with Gasteiger partial charge in [0.05, 0.1) is 0 Å². The molecule has 0 saturated heterocycles. The number of carbonyl (C=O) groups excluding carboxylic acids is 1. The average molecular weight is 193 g/mol. The van der Waals surface area contributed by atoms with Crippen LogP contribution in [0.25, 0.3) is 0 Å². The van der Waals surface area contributed by atoms with E-state index in [1.54, 1.807) is 24.3 Å². The number of carbonyl (C=O) groups is 1. The topological polar surface area (TPSA) is 49.3 Å². The van der Waals surface area contributed by atoms with Crippen molar-refractivity contribution in [2.45, 2.75) is 20.3 Å². The zero-order chi connectivity index (χ0) is 10.6. The van der Waals surface area contributed by atoms with Gasteiger partial charge in [0.2, 0.25) is 5.91 Å². The van der Waals surface area contributed by atoms with Gasteiger partial charge in [0.25, 0.3) is 0 Å². The van der Waals surface area contributed by atoms with E-state index in [0.29, 0.717) is 18.0 Å². The Hall–Kier alpha value is -1.51. The summed E-state index contributed by atoms with van der Waals surface area (Å²) in [5.41, 5.74) is 0.716. The molecule has 0 bridgehead atoms. The molecule has 0 aliphatic rings. The molecule has 1 rings (SSSR count). The first-order chi connectivity index (χ1) is 6.58. The number of amides is 1. The van der Waals surface area contributed by atoms with E-state index in [4.69, 9.17) is 5.11 Å². The van der Waals surface area contributed by atoms with Crippen LogP contribution in [0.2, 0.25) is 0 Å². The number of phenols is 1. The van der Waals surface area contributed by atoms with Gasteiger partial charge in [-0.25, -0.2) is 0 Å². The zero-order valence-electron chi connectivity index (χ0n) is 8.45. The van der Waals surface area contributed by atoms with Crippen LogP contribution in [0, 0.1) is 5.92 Å². The first-order valence-corrected chi connectivity index (χ1v) is 4.67. The van der Waals surface area contributed by atoms with Crippen LogP contribution in [0.4, 0.5) is 5.69 Å². The summed E-state index contributed by atoms with van der Waals surface area (Å²) in [6.45, 7) is 3.99. The van der Waals surface area contributed by atoms with Crippen molar-refractivity contribution in [1.29, 1.82) is 0 Å². The summed E-state index contributed by atoms with van der Waals surface area (Å²) < 4.78 is 0. The largest absolute Gasteiger partial charge is 0.508 e. The van der Waals surface area contributed by atoms with E-state index in [2.05, 4.69) is 5.32 Å². The van der Waals surface area contributed by atoms with Crippen molar-refractivity contribution in [2.75, 3.05) is 5.32 Å². The molecule has 3 nitrogen and oxygen atoms in total. The highest BCUT2D eigenvalue weighted by molar-refractivity contribution is 5.90. The molecule has 14 heavy (non-hydrogen) atoms. The van der Waals surface area contributed by atoms with Gasteiger partial charge < -0.3 is 10.4 Å². The summed E-state index contributed by atoms with van der Waals surface area (Å²) in [7, 11) is 0. The lowest BCUT2D eigenvalue weighted by atomic mass is 10.1. The molecular formula is C11H15NO2. The maximum Gasteiger partial charge on any atom is 0.224 e. The Bertz CT molecular complexity index is 304. The van der Waals surface area contributed by atoms with E-state index in [9.17, 15) is 4.79 Å². The van der Waals surface area contributed by atoms with Gasteiger partial charge in [-0.15, -0.1) is 0 Å². The van der Waals surface area contributed by atoms with E-state index in [0.717, 1.165) is 0 Å². The van der Waals surface area contributed by atoms with Crippen LogP contribution in [0.15, 0.2) is 24.3 Å². The second-order valence-electron chi connectivity index (χ2n) is 3.69. The fourth-order valence-corrected chi connectivity index (χ4v) is 1.13. The van der Waals surface area contributed by atoms with Crippen molar-refractivity contribution in [2.24, 2.45) is 5.92 Å². The lowest BCUT2D eigenvalue weighted by Gasteiger charge is -2.06. The molecule has 0 radical (unpaired) electrons. The molecule has 0 aromatic heterocycles. The van der Waals surface area contributed by atoms with Crippen molar-refractivity contribution in [3.63, 3.8) is 0 Å². The van der Waals surface area contributed by atoms with E-state index >= 15 is 0 Å². The third-order valence-corrected chi connectivity index (χ3v) is 1.74. The molecule has 0 aliphatic carbocycles. The molecule has 0 unspecified atom stereocenters. The van der Waals surface area contributed by atoms with Crippen molar-refractivity contribution < 1.29 is 9.90 Å². The van der Waals surface area contributed by atoms with Crippen molar-refractivity contribution in [3.8, 4) is 5.75 Å². The molecule has 0 aliphatic heterocycles. The second kappa shape index (κ2) is 4.65. The maximum atomic E-state index is 11.3. The Morgan fingerprint density at radius 3 is 2.43 bits per heavy atom. The minimum atomic E-state index is 0.00527. The summed E-state index contributed by atoms with van der Waals surface area (Å²) in [4.78, 5) is 11.3. The van der Waals surface area contributed by atoms with Crippen molar-refractivity contribution in [3.05, 3.63) is 24.3 Å². The van der Waals surface area contributed by atoms with Crippen LogP contribution in [-0.4, -0.2) is 11.0 Å². The molecule has 0 atom stereocenters. The predicted octanol–water partition coefficient (Wildman–Crippen LogP) is 2.38. The normalized spacial score (nSPS) is 10.2. The Kier molecular flexibility index (Phi) is 3.51. The van der Waals surface area contributed by atoms with Crippen LogP contribution in [0.5, 0.6) is 5.75 Å². The Balaban J connectivity index is 2.52. The molecule has 1 aromatic carbocycles. The number of hydrogen-bond acceptors (Lipinski definition) is 2. The SMILES string of the molecule is CC(C)CC(=O)Nc1ccc(O)cc1. The Labute approximate surface area is 83.8 Å². The quantitative estimate of drug-likeness (QED) is 0.724. The van der Waals surface area contributed by atoms with Crippen LogP contribution in [-0.2, 0) is 4.79 Å². The minimum Gasteiger partial charge on any atom is -0.508 e. The highest BCUT2D eigenvalue weighted by atomic mass is 16.3. The van der Waals surface area contributed by atoms with Gasteiger partial charge in [-0.2, -0.15) is 0 Å². The monoisotopic (exact) mass is 193 g/mol. The predicted molar refractivity (Wildman–Crippen MR) is 56.2 cm³/mol. The summed E-state index contributed by atoms with van der Waals surface area (Å²) in [6.07, 6.45) is 0.515. The molecule has 0 heterocycles. The number of rotatable bonds is 3. The fraction of sp³-hybridized carbons (Fsp3) is 0.364. The molecule has 76 valence electrons. The van der Waals surface area contributed by atoms with Gasteiger partial charge in [-0.3, -0.25) is 4.79 Å². The number of phenolic OH excluding ortho intramolecular Hbond substituents is 1. The summed E-state index contributed by atoms with van der Waals surface area (Å²) in [6, 6.07) is 6.44. The highest BCUT2D eigenvalue weighted by Crippen LogP contribution is 2.14. The van der Waals surface area contributed by atoms with Crippen LogP contribution >= 0.6 is 0 Å². The molecule has 0 fully saturated rings. The van der Waals surface area contributed by atoms with Crippen LogP contribution < -0.4 is 5.32 Å². The van der Waals surface area contributed by atoms with Gasteiger partial charge >= 0.3 is 0 Å². The minimum absolute atomic E-state index is 0.00527. The third-order valence-electron chi connectivity index (χ3n) is 1.74.